The summed E-state index contributed by atoms with van der Waals surface area (Å²) >= 11 is 0. The molecule has 0 spiro atoms. The Morgan fingerprint density at radius 1 is 1.62 bits per heavy atom. The summed E-state index contributed by atoms with van der Waals surface area (Å²) in [5.41, 5.74) is -0.105. The number of aliphatic hydroxyl groups is 2. The molecule has 88 valence electrons. The molecular formula is C10H12FNO4. The van der Waals surface area contributed by atoms with Gasteiger partial charge in [-0.05, 0) is 6.07 Å². The Hall–Kier alpha value is -1.53. The molecule has 6 heteroatoms. The third-order valence-electron chi connectivity index (χ3n) is 2.09. The van der Waals surface area contributed by atoms with Crippen LogP contribution in [0.3, 0.4) is 0 Å². The Bertz CT molecular complexity index is 372. The predicted molar refractivity (Wildman–Crippen MR) is 51.8 cm³/mol. The molecule has 0 aliphatic heterocycles. The zero-order valence-corrected chi connectivity index (χ0v) is 8.63. The van der Waals surface area contributed by atoms with Crippen LogP contribution >= 0.6 is 0 Å². The zero-order valence-electron chi connectivity index (χ0n) is 8.63. The molecule has 2 N–H and O–H groups in total. The van der Waals surface area contributed by atoms with Crippen LogP contribution in [-0.2, 0) is 9.53 Å². The number of esters is 1. The number of hydrogen-bond donors (Lipinski definition) is 2. The quantitative estimate of drug-likeness (QED) is 0.720. The number of ether oxygens (including phenoxy) is 1. The van der Waals surface area contributed by atoms with Gasteiger partial charge in [0.2, 0.25) is 0 Å². The standard InChI is InChI=1S/C10H12FNO4/c1-16-9(14)4-8(13)10(15)6-2-3-12-5-7(6)11/h2-3,5,8,10,13,15H,4H2,1H3. The van der Waals surface area contributed by atoms with E-state index in [4.69, 9.17) is 0 Å². The minimum atomic E-state index is -1.48. The van der Waals surface area contributed by atoms with Crippen molar-refractivity contribution in [3.05, 3.63) is 29.8 Å². The second-order valence-electron chi connectivity index (χ2n) is 3.19. The Balaban J connectivity index is 2.74. The highest BCUT2D eigenvalue weighted by Crippen LogP contribution is 2.21. The molecule has 1 aromatic heterocycles. The predicted octanol–water partition coefficient (Wildman–Crippen LogP) is 0.178. The average Bonchev–Trinajstić information content (AvgIpc) is 2.28. The molecule has 0 aliphatic rings. The smallest absolute Gasteiger partial charge is 0.308 e. The molecule has 0 bridgehead atoms. The van der Waals surface area contributed by atoms with E-state index in [0.717, 1.165) is 13.3 Å². The number of aliphatic hydroxyl groups excluding tert-OH is 2. The number of halogens is 1. The van der Waals surface area contributed by atoms with E-state index in [1.165, 1.54) is 12.3 Å². The van der Waals surface area contributed by atoms with Gasteiger partial charge in [-0.3, -0.25) is 9.78 Å². The van der Waals surface area contributed by atoms with E-state index in [1.807, 2.05) is 0 Å². The summed E-state index contributed by atoms with van der Waals surface area (Å²) in [6.07, 6.45) is -1.10. The Kier molecular flexibility index (Phi) is 4.33. The highest BCUT2D eigenvalue weighted by atomic mass is 19.1. The first-order valence-corrected chi connectivity index (χ1v) is 4.58. The number of rotatable bonds is 4. The maximum atomic E-state index is 13.2. The normalized spacial score (nSPS) is 14.2. The first kappa shape index (κ1) is 12.5. The fourth-order valence-electron chi connectivity index (χ4n) is 1.20. The van der Waals surface area contributed by atoms with Gasteiger partial charge in [-0.25, -0.2) is 4.39 Å². The molecule has 1 heterocycles. The molecule has 0 radical (unpaired) electrons. The van der Waals surface area contributed by atoms with E-state index >= 15 is 0 Å². The van der Waals surface area contributed by atoms with Crippen LogP contribution in [0.15, 0.2) is 18.5 Å². The van der Waals surface area contributed by atoms with Gasteiger partial charge in [0.25, 0.3) is 0 Å². The van der Waals surface area contributed by atoms with Gasteiger partial charge in [0.15, 0.2) is 0 Å². The molecule has 2 unspecified atom stereocenters. The Morgan fingerprint density at radius 3 is 2.88 bits per heavy atom. The lowest BCUT2D eigenvalue weighted by atomic mass is 10.0. The SMILES string of the molecule is COC(=O)CC(O)C(O)c1ccncc1F. The number of hydrogen-bond acceptors (Lipinski definition) is 5. The van der Waals surface area contributed by atoms with Crippen LogP contribution in [0.1, 0.15) is 18.1 Å². The fourth-order valence-corrected chi connectivity index (χ4v) is 1.20. The molecule has 5 nitrogen and oxygen atoms in total. The van der Waals surface area contributed by atoms with Gasteiger partial charge in [-0.15, -0.1) is 0 Å². The molecule has 0 saturated carbocycles. The van der Waals surface area contributed by atoms with Crippen LogP contribution in [0.5, 0.6) is 0 Å². The van der Waals surface area contributed by atoms with Gasteiger partial charge in [0.05, 0.1) is 25.8 Å². The number of aromatic nitrogens is 1. The largest absolute Gasteiger partial charge is 0.469 e. The molecule has 1 rings (SSSR count). The van der Waals surface area contributed by atoms with Gasteiger partial charge in [0, 0.05) is 11.8 Å². The van der Waals surface area contributed by atoms with Crippen LogP contribution in [0.2, 0.25) is 0 Å². The van der Waals surface area contributed by atoms with Crippen molar-refractivity contribution >= 4 is 5.97 Å². The maximum absolute atomic E-state index is 13.2. The van der Waals surface area contributed by atoms with E-state index in [9.17, 15) is 19.4 Å². The van der Waals surface area contributed by atoms with Crippen LogP contribution in [0.25, 0.3) is 0 Å². The van der Waals surface area contributed by atoms with Gasteiger partial charge in [0.1, 0.15) is 11.9 Å². The van der Waals surface area contributed by atoms with Gasteiger partial charge < -0.3 is 14.9 Å². The van der Waals surface area contributed by atoms with Crippen molar-refractivity contribution in [1.82, 2.24) is 4.98 Å². The van der Waals surface area contributed by atoms with Crippen LogP contribution < -0.4 is 0 Å². The lowest BCUT2D eigenvalue weighted by Gasteiger charge is -2.17. The number of methoxy groups -OCH3 is 1. The van der Waals surface area contributed by atoms with Crippen LogP contribution in [0.4, 0.5) is 4.39 Å². The minimum Gasteiger partial charge on any atom is -0.469 e. The van der Waals surface area contributed by atoms with Gasteiger partial charge in [-0.1, -0.05) is 0 Å². The van der Waals surface area contributed by atoms with E-state index in [0.29, 0.717) is 0 Å². The highest BCUT2D eigenvalue weighted by molar-refractivity contribution is 5.69. The molecule has 0 fully saturated rings. The van der Waals surface area contributed by atoms with E-state index in [2.05, 4.69) is 9.72 Å². The first-order valence-electron chi connectivity index (χ1n) is 4.58. The summed E-state index contributed by atoms with van der Waals surface area (Å²) in [7, 11) is 1.16. The van der Waals surface area contributed by atoms with E-state index < -0.39 is 30.4 Å². The van der Waals surface area contributed by atoms with E-state index in [-0.39, 0.29) is 5.56 Å². The summed E-state index contributed by atoms with van der Waals surface area (Å²) < 4.78 is 17.5. The molecule has 2 atom stereocenters. The molecule has 0 saturated heterocycles. The van der Waals surface area contributed by atoms with Crippen LogP contribution in [0, 0.1) is 5.82 Å². The lowest BCUT2D eigenvalue weighted by molar-refractivity contribution is -0.144. The summed E-state index contributed by atoms with van der Waals surface area (Å²) in [5.74, 6) is -1.42. The Labute approximate surface area is 91.5 Å². The first-order chi connectivity index (χ1) is 7.56. The van der Waals surface area contributed by atoms with Crippen molar-refractivity contribution in [1.29, 1.82) is 0 Å². The Morgan fingerprint density at radius 2 is 2.31 bits per heavy atom. The topological polar surface area (TPSA) is 79.7 Å². The second kappa shape index (κ2) is 5.53. The molecule has 0 amide bonds. The molecule has 0 aromatic carbocycles. The average molecular weight is 229 g/mol. The van der Waals surface area contributed by atoms with Crippen LogP contribution in [-0.4, -0.2) is 34.4 Å². The minimum absolute atomic E-state index is 0.105. The molecule has 0 aliphatic carbocycles. The van der Waals surface area contributed by atoms with E-state index in [1.54, 1.807) is 0 Å². The number of carbonyl (C=O) groups excluding carboxylic acids is 1. The molecular weight excluding hydrogens is 217 g/mol. The zero-order chi connectivity index (χ0) is 12.1. The van der Waals surface area contributed by atoms with Crippen molar-refractivity contribution in [2.75, 3.05) is 7.11 Å². The van der Waals surface area contributed by atoms with Gasteiger partial charge in [-0.2, -0.15) is 0 Å². The highest BCUT2D eigenvalue weighted by Gasteiger charge is 2.24. The van der Waals surface area contributed by atoms with Crippen molar-refractivity contribution in [2.45, 2.75) is 18.6 Å². The number of pyridine rings is 1. The lowest BCUT2D eigenvalue weighted by Crippen LogP contribution is -2.23. The fraction of sp³-hybridized carbons (Fsp3) is 0.400. The summed E-state index contributed by atoms with van der Waals surface area (Å²) in [6.45, 7) is 0. The maximum Gasteiger partial charge on any atom is 0.308 e. The van der Waals surface area contributed by atoms with Crippen molar-refractivity contribution < 1.29 is 24.1 Å². The third-order valence-corrected chi connectivity index (χ3v) is 2.09. The van der Waals surface area contributed by atoms with Gasteiger partial charge >= 0.3 is 5.97 Å². The van der Waals surface area contributed by atoms with Crippen molar-refractivity contribution in [3.8, 4) is 0 Å². The third kappa shape index (κ3) is 2.98. The molecule has 1 aromatic rings. The monoisotopic (exact) mass is 229 g/mol. The second-order valence-corrected chi connectivity index (χ2v) is 3.19. The van der Waals surface area contributed by atoms with Crippen molar-refractivity contribution in [2.24, 2.45) is 0 Å². The van der Waals surface area contributed by atoms with Crippen molar-refractivity contribution in [3.63, 3.8) is 0 Å². The molecule has 16 heavy (non-hydrogen) atoms. The summed E-state index contributed by atoms with van der Waals surface area (Å²) in [5, 5.41) is 19.0. The summed E-state index contributed by atoms with van der Waals surface area (Å²) in [6, 6.07) is 1.24. The number of carbonyl (C=O) groups is 1. The number of nitrogens with zero attached hydrogens (tertiary/aromatic N) is 1. The summed E-state index contributed by atoms with van der Waals surface area (Å²) in [4.78, 5) is 14.3.